The summed E-state index contributed by atoms with van der Waals surface area (Å²) in [5.41, 5.74) is 8.92. The molecule has 0 aliphatic carbocycles. The van der Waals surface area contributed by atoms with Crippen LogP contribution in [-0.4, -0.2) is 74.2 Å². The predicted octanol–water partition coefficient (Wildman–Crippen LogP) is 2.38. The molecule has 1 unspecified atom stereocenters. The third kappa shape index (κ3) is 6.87. The Morgan fingerprint density at radius 2 is 1.48 bits per heavy atom. The van der Waals surface area contributed by atoms with Gasteiger partial charge in [0.15, 0.2) is 5.78 Å². The van der Waals surface area contributed by atoms with Gasteiger partial charge in [-0.3, -0.25) is 24.5 Å². The van der Waals surface area contributed by atoms with Crippen LogP contribution in [0.3, 0.4) is 0 Å². The average Bonchev–Trinajstić information content (AvgIpc) is 3.66. The maximum Gasteiger partial charge on any atom is 0.408 e. The number of aryl methyl sites for hydroxylation is 2. The summed E-state index contributed by atoms with van der Waals surface area (Å²) in [7, 11) is 1.88. The van der Waals surface area contributed by atoms with E-state index in [0.717, 1.165) is 21.8 Å². The van der Waals surface area contributed by atoms with E-state index >= 15 is 0 Å². The molecule has 2 aromatic heterocycles. The molecule has 6 N–H and O–H groups in total. The topological polar surface area (TPSA) is 187 Å². The number of imide groups is 1. The highest BCUT2D eigenvalue weighted by molar-refractivity contribution is 6.50. The molecule has 5 rings (SSSR count). The van der Waals surface area contributed by atoms with E-state index in [1.807, 2.05) is 70.9 Å². The lowest BCUT2D eigenvalue weighted by atomic mass is 9.95. The van der Waals surface area contributed by atoms with Crippen molar-refractivity contribution >= 4 is 62.6 Å². The van der Waals surface area contributed by atoms with Gasteiger partial charge in [-0.25, -0.2) is 4.79 Å². The molecule has 0 fully saturated rings. The Morgan fingerprint density at radius 3 is 2.08 bits per heavy atom. The lowest BCUT2D eigenvalue weighted by Gasteiger charge is -2.24. The normalized spacial score (nSPS) is 15.4. The summed E-state index contributed by atoms with van der Waals surface area (Å²) in [5, 5.41) is 18.8. The van der Waals surface area contributed by atoms with Gasteiger partial charge in [-0.2, -0.15) is 0 Å². The number of rotatable bonds is 11. The van der Waals surface area contributed by atoms with Crippen LogP contribution in [0.1, 0.15) is 45.2 Å². The Labute approximate surface area is 277 Å². The van der Waals surface area contributed by atoms with Crippen LogP contribution >= 0.6 is 0 Å². The number of hydrogen-bond donors (Lipinski definition) is 5. The largest absolute Gasteiger partial charge is 0.444 e. The quantitative estimate of drug-likeness (QED) is 0.152. The molecule has 13 heteroatoms. The Kier molecular flexibility index (Phi) is 9.55. The van der Waals surface area contributed by atoms with Gasteiger partial charge >= 0.3 is 6.09 Å². The Bertz CT molecular complexity index is 1960. The van der Waals surface area contributed by atoms with E-state index < -0.39 is 59.9 Å². The molecule has 13 nitrogen and oxygen atoms in total. The zero-order valence-electron chi connectivity index (χ0n) is 27.5. The van der Waals surface area contributed by atoms with Crippen LogP contribution in [0.5, 0.6) is 0 Å². The van der Waals surface area contributed by atoms with Gasteiger partial charge in [0.25, 0.3) is 11.8 Å². The van der Waals surface area contributed by atoms with Crippen molar-refractivity contribution in [2.75, 3.05) is 6.61 Å². The van der Waals surface area contributed by atoms with Gasteiger partial charge in [0.1, 0.15) is 17.7 Å². The molecule has 3 atom stereocenters. The van der Waals surface area contributed by atoms with Crippen molar-refractivity contribution in [2.45, 2.75) is 64.4 Å². The second-order valence-corrected chi connectivity index (χ2v) is 12.9. The first kappa shape index (κ1) is 34.1. The van der Waals surface area contributed by atoms with Crippen LogP contribution in [0.15, 0.2) is 60.9 Å². The fraction of sp³-hybridized carbons (Fsp3) is 0.343. The van der Waals surface area contributed by atoms with Gasteiger partial charge < -0.3 is 35.3 Å². The molecule has 0 bridgehead atoms. The minimum absolute atomic E-state index is 0.134. The number of benzene rings is 2. The summed E-state index contributed by atoms with van der Waals surface area (Å²) in [6.45, 7) is 6.04. The van der Waals surface area contributed by atoms with Gasteiger partial charge in [0.05, 0.1) is 23.8 Å². The molecule has 0 spiro atoms. The Balaban J connectivity index is 1.36. The van der Waals surface area contributed by atoms with Crippen molar-refractivity contribution in [3.8, 4) is 0 Å². The van der Waals surface area contributed by atoms with E-state index in [9.17, 15) is 29.1 Å². The van der Waals surface area contributed by atoms with Crippen molar-refractivity contribution in [3.05, 3.63) is 72.1 Å². The predicted molar refractivity (Wildman–Crippen MR) is 180 cm³/mol. The van der Waals surface area contributed by atoms with Crippen molar-refractivity contribution in [2.24, 2.45) is 12.8 Å². The molecule has 0 saturated carbocycles. The number of ketones is 1. The second kappa shape index (κ2) is 13.5. The standard InChI is InChI=1S/C35H40N6O7/c1-19(37-34(47)48-35(2,3)4)31(44)38-25(18-42)30(43)24(36)14-15-41-17-23(21-11-7-9-13-27(21)41)29-28(32(45)39-33(29)46)22-16-40(5)26-12-8-6-10-20(22)26/h6-13,16-17,19,24-25,42H,14-15,18,36H2,1-5H3,(H,37,47)(H,38,44)(H,39,45,46)/t19-,24?,25-/m0/s1. The number of nitrogens with zero attached hydrogens (tertiary/aromatic N) is 2. The lowest BCUT2D eigenvalue weighted by Crippen LogP contribution is -2.55. The zero-order valence-corrected chi connectivity index (χ0v) is 27.5. The molecule has 1 aliphatic heterocycles. The molecule has 48 heavy (non-hydrogen) atoms. The number of Topliss-reactive ketones (excluding diaryl/α,β-unsaturated/α-hetero) is 1. The number of nitrogens with two attached hydrogens (primary N) is 1. The highest BCUT2D eigenvalue weighted by Crippen LogP contribution is 2.38. The fourth-order valence-electron chi connectivity index (χ4n) is 5.87. The number of alkyl carbamates (subject to hydrolysis) is 1. The SMILES string of the molecule is C[C@H](NC(=O)OC(C)(C)C)C(=O)N[C@@H](CO)C(=O)C(N)CCn1cc(C2=C(c3cn(C)c4ccccc34)C(=O)NC2=O)c2ccccc21. The molecular weight excluding hydrogens is 616 g/mol. The maximum atomic E-state index is 13.3. The van der Waals surface area contributed by atoms with Crippen LogP contribution < -0.4 is 21.7 Å². The van der Waals surface area contributed by atoms with Gasteiger partial charge in [-0.1, -0.05) is 36.4 Å². The number of para-hydroxylation sites is 2. The molecular formula is C35H40N6O7. The summed E-state index contributed by atoms with van der Waals surface area (Å²) < 4.78 is 8.93. The smallest absolute Gasteiger partial charge is 0.408 e. The van der Waals surface area contributed by atoms with E-state index in [1.54, 1.807) is 27.0 Å². The minimum Gasteiger partial charge on any atom is -0.444 e. The van der Waals surface area contributed by atoms with Crippen molar-refractivity contribution < 1.29 is 33.8 Å². The number of ether oxygens (including phenoxy) is 1. The molecule has 0 radical (unpaired) electrons. The van der Waals surface area contributed by atoms with Gasteiger partial charge in [-0.15, -0.1) is 0 Å². The fourth-order valence-corrected chi connectivity index (χ4v) is 5.87. The molecule has 252 valence electrons. The number of carbonyl (C=O) groups is 5. The number of amides is 4. The third-order valence-corrected chi connectivity index (χ3v) is 8.17. The molecule has 4 aromatic rings. The second-order valence-electron chi connectivity index (χ2n) is 12.9. The van der Waals surface area contributed by atoms with E-state index in [1.165, 1.54) is 6.92 Å². The first-order chi connectivity index (χ1) is 22.7. The van der Waals surface area contributed by atoms with Crippen LogP contribution in [0.2, 0.25) is 0 Å². The summed E-state index contributed by atoms with van der Waals surface area (Å²) in [4.78, 5) is 64.5. The number of nitrogens with one attached hydrogen (secondary N) is 3. The highest BCUT2D eigenvalue weighted by Gasteiger charge is 2.35. The number of aromatic nitrogens is 2. The summed E-state index contributed by atoms with van der Waals surface area (Å²) in [6.07, 6.45) is 2.95. The number of carbonyl (C=O) groups excluding carboxylic acids is 5. The molecule has 2 aromatic carbocycles. The number of aliphatic hydroxyl groups excluding tert-OH is 1. The summed E-state index contributed by atoms with van der Waals surface area (Å²) in [6, 6.07) is 11.6. The third-order valence-electron chi connectivity index (χ3n) is 8.17. The summed E-state index contributed by atoms with van der Waals surface area (Å²) >= 11 is 0. The van der Waals surface area contributed by atoms with Gasteiger partial charge in [-0.05, 0) is 46.2 Å². The van der Waals surface area contributed by atoms with Crippen LogP contribution in [0.25, 0.3) is 33.0 Å². The Morgan fingerprint density at radius 1 is 0.917 bits per heavy atom. The van der Waals surface area contributed by atoms with E-state index in [4.69, 9.17) is 10.5 Å². The zero-order chi connectivity index (χ0) is 34.9. The van der Waals surface area contributed by atoms with Gasteiger partial charge in [0, 0.05) is 58.9 Å². The summed E-state index contributed by atoms with van der Waals surface area (Å²) in [5.74, 6) is -2.27. The number of aliphatic hydroxyl groups is 1. The number of hydrogen-bond acceptors (Lipinski definition) is 8. The van der Waals surface area contributed by atoms with Crippen molar-refractivity contribution in [1.29, 1.82) is 0 Å². The van der Waals surface area contributed by atoms with Gasteiger partial charge in [0.2, 0.25) is 5.91 Å². The van der Waals surface area contributed by atoms with Crippen molar-refractivity contribution in [1.82, 2.24) is 25.1 Å². The van der Waals surface area contributed by atoms with E-state index in [2.05, 4.69) is 16.0 Å². The monoisotopic (exact) mass is 656 g/mol. The first-order valence-corrected chi connectivity index (χ1v) is 15.6. The van der Waals surface area contributed by atoms with Crippen LogP contribution in [0, 0.1) is 0 Å². The first-order valence-electron chi connectivity index (χ1n) is 15.6. The molecule has 1 aliphatic rings. The Hall–Kier alpha value is -5.27. The molecule has 0 saturated heterocycles. The minimum atomic E-state index is -1.30. The maximum absolute atomic E-state index is 13.3. The van der Waals surface area contributed by atoms with Crippen molar-refractivity contribution in [3.63, 3.8) is 0 Å². The van der Waals surface area contributed by atoms with E-state index in [-0.39, 0.29) is 24.1 Å². The van der Waals surface area contributed by atoms with E-state index in [0.29, 0.717) is 11.1 Å². The van der Waals surface area contributed by atoms with Crippen LogP contribution in [-0.2, 0) is 37.5 Å². The molecule has 3 heterocycles. The highest BCUT2D eigenvalue weighted by atomic mass is 16.6. The van der Waals surface area contributed by atoms with Crippen LogP contribution in [0.4, 0.5) is 4.79 Å². The number of fused-ring (bicyclic) bond motifs is 2. The molecule has 4 amide bonds. The average molecular weight is 657 g/mol. The lowest BCUT2D eigenvalue weighted by molar-refractivity contribution is -0.130.